The predicted octanol–water partition coefficient (Wildman–Crippen LogP) is 3.43. The zero-order chi connectivity index (χ0) is 20.0. The molecule has 2 aliphatic carbocycles. The van der Waals surface area contributed by atoms with Crippen molar-refractivity contribution in [3.05, 3.63) is 23.9 Å². The Morgan fingerprint density at radius 3 is 2.62 bits per heavy atom. The van der Waals surface area contributed by atoms with Crippen molar-refractivity contribution >= 4 is 22.5 Å². The monoisotopic (exact) mass is 407 g/mol. The van der Waals surface area contributed by atoms with Crippen molar-refractivity contribution in [1.29, 1.82) is 0 Å². The highest BCUT2D eigenvalue weighted by atomic mass is 19.3. The third kappa shape index (κ3) is 2.62. The first-order valence-electron chi connectivity index (χ1n) is 10.1. The van der Waals surface area contributed by atoms with Crippen molar-refractivity contribution in [3.63, 3.8) is 0 Å². The maximum absolute atomic E-state index is 13.8. The maximum atomic E-state index is 13.8. The minimum atomic E-state index is -2.66. The molecular weight excluding hydrogens is 386 g/mol. The molecule has 9 heteroatoms. The zero-order valence-corrected chi connectivity index (χ0v) is 15.6. The summed E-state index contributed by atoms with van der Waals surface area (Å²) in [6, 6.07) is 3.12. The molecule has 2 unspecified atom stereocenters. The van der Waals surface area contributed by atoms with Crippen LogP contribution in [0.5, 0.6) is 0 Å². The van der Waals surface area contributed by atoms with Crippen LogP contribution in [0, 0.1) is 17.3 Å². The topological polar surface area (TPSA) is 53.1 Å². The molecule has 2 aliphatic heterocycles. The number of nitrogens with one attached hydrogen (secondary N) is 2. The van der Waals surface area contributed by atoms with Crippen molar-refractivity contribution in [1.82, 2.24) is 15.3 Å². The summed E-state index contributed by atoms with van der Waals surface area (Å²) >= 11 is 0. The number of hydrogen-bond donors (Lipinski definition) is 2. The summed E-state index contributed by atoms with van der Waals surface area (Å²) in [5.41, 5.74) is -0.104. The molecule has 4 atom stereocenters. The van der Waals surface area contributed by atoms with Gasteiger partial charge in [-0.15, -0.1) is 0 Å². The molecule has 154 valence electrons. The van der Waals surface area contributed by atoms with Crippen LogP contribution in [0.25, 0.3) is 10.9 Å². The molecule has 1 spiro atoms. The van der Waals surface area contributed by atoms with Crippen molar-refractivity contribution in [2.75, 3.05) is 36.4 Å². The van der Waals surface area contributed by atoms with Gasteiger partial charge in [0, 0.05) is 55.8 Å². The lowest BCUT2D eigenvalue weighted by Crippen LogP contribution is -2.23. The van der Waals surface area contributed by atoms with E-state index in [1.54, 1.807) is 11.1 Å². The first-order chi connectivity index (χ1) is 13.9. The highest BCUT2D eigenvalue weighted by Gasteiger charge is 2.72. The summed E-state index contributed by atoms with van der Waals surface area (Å²) in [5.74, 6) is -1.04. The third-order valence-electron chi connectivity index (χ3n) is 7.23. The van der Waals surface area contributed by atoms with E-state index in [1.807, 2.05) is 0 Å². The average Bonchev–Trinajstić information content (AvgIpc) is 3.25. The largest absolute Gasteiger partial charge is 0.369 e. The molecule has 2 aromatic rings. The van der Waals surface area contributed by atoms with Crippen LogP contribution in [0.3, 0.4) is 0 Å². The number of nitrogens with zero attached hydrogens (tertiary/aromatic N) is 3. The van der Waals surface area contributed by atoms with E-state index in [9.17, 15) is 17.6 Å². The SMILES string of the molecule is FC(F)c1cc(N2CCC3(C2)CC3(F)F)c2nc(NC3[C@H]4CNC[C@@H]34)ncc2c1. The Labute approximate surface area is 164 Å². The number of aromatic nitrogens is 2. The molecule has 4 fully saturated rings. The molecule has 4 aliphatic rings. The molecule has 3 heterocycles. The summed E-state index contributed by atoms with van der Waals surface area (Å²) in [5, 5.41) is 7.19. The summed E-state index contributed by atoms with van der Waals surface area (Å²) in [6.07, 6.45) is -0.847. The van der Waals surface area contributed by atoms with Crippen molar-refractivity contribution in [3.8, 4) is 0 Å². The number of piperidine rings is 1. The number of benzene rings is 1. The molecule has 0 bridgehead atoms. The van der Waals surface area contributed by atoms with E-state index in [1.165, 1.54) is 12.1 Å². The minimum Gasteiger partial charge on any atom is -0.369 e. The molecule has 6 rings (SSSR count). The van der Waals surface area contributed by atoms with E-state index < -0.39 is 17.8 Å². The van der Waals surface area contributed by atoms with Crippen molar-refractivity contribution in [2.24, 2.45) is 17.3 Å². The zero-order valence-electron chi connectivity index (χ0n) is 15.6. The first kappa shape index (κ1) is 17.7. The number of anilines is 2. The van der Waals surface area contributed by atoms with Crippen LogP contribution in [0.4, 0.5) is 29.2 Å². The lowest BCUT2D eigenvalue weighted by atomic mass is 10.1. The second kappa shape index (κ2) is 5.71. The normalized spacial score (nSPS) is 34.2. The lowest BCUT2D eigenvalue weighted by Gasteiger charge is -2.22. The number of alkyl halides is 4. The van der Waals surface area contributed by atoms with E-state index in [-0.39, 0.29) is 18.5 Å². The van der Waals surface area contributed by atoms with Gasteiger partial charge < -0.3 is 15.5 Å². The molecule has 2 N–H and O–H groups in total. The Kier molecular flexibility index (Phi) is 3.48. The summed E-state index contributed by atoms with van der Waals surface area (Å²) in [6.45, 7) is 2.54. The molecule has 29 heavy (non-hydrogen) atoms. The van der Waals surface area contributed by atoms with E-state index in [0.717, 1.165) is 13.1 Å². The lowest BCUT2D eigenvalue weighted by molar-refractivity contribution is 0.0711. The van der Waals surface area contributed by atoms with Crippen molar-refractivity contribution < 1.29 is 17.6 Å². The molecule has 2 saturated heterocycles. The van der Waals surface area contributed by atoms with Gasteiger partial charge in [0.1, 0.15) is 0 Å². The van der Waals surface area contributed by atoms with Gasteiger partial charge in [-0.3, -0.25) is 0 Å². The standard InChI is InChI=1S/C20H21F4N5/c21-17(22)10-3-11-5-26-18(28-16-12-6-25-7-13(12)16)27-15(11)14(4-10)29-2-1-19(9-29)8-20(19,23)24/h3-5,12-13,16-17,25H,1-2,6-9H2,(H,26,27,28)/t12-,13+,16?,19?. The summed E-state index contributed by atoms with van der Waals surface area (Å²) in [7, 11) is 0. The van der Waals surface area contributed by atoms with Gasteiger partial charge in [-0.05, 0) is 30.4 Å². The first-order valence-corrected chi connectivity index (χ1v) is 10.1. The molecule has 0 amide bonds. The molecule has 5 nitrogen and oxygen atoms in total. The molecular formula is C20H21F4N5. The van der Waals surface area contributed by atoms with Crippen LogP contribution in [0.15, 0.2) is 18.3 Å². The van der Waals surface area contributed by atoms with Gasteiger partial charge >= 0.3 is 0 Å². The predicted molar refractivity (Wildman–Crippen MR) is 101 cm³/mol. The van der Waals surface area contributed by atoms with Crippen LogP contribution in [0.1, 0.15) is 24.8 Å². The third-order valence-corrected chi connectivity index (χ3v) is 7.23. The van der Waals surface area contributed by atoms with Gasteiger partial charge in [0.15, 0.2) is 0 Å². The van der Waals surface area contributed by atoms with E-state index >= 15 is 0 Å². The Balaban J connectivity index is 1.36. The van der Waals surface area contributed by atoms with Gasteiger partial charge in [0.2, 0.25) is 5.95 Å². The number of fused-ring (bicyclic) bond motifs is 2. The highest BCUT2D eigenvalue weighted by Crippen LogP contribution is 2.65. The van der Waals surface area contributed by atoms with E-state index in [4.69, 9.17) is 0 Å². The Morgan fingerprint density at radius 2 is 1.97 bits per heavy atom. The van der Waals surface area contributed by atoms with Gasteiger partial charge in [0.25, 0.3) is 12.3 Å². The average molecular weight is 407 g/mol. The van der Waals surface area contributed by atoms with Crippen LogP contribution in [-0.2, 0) is 0 Å². The summed E-state index contributed by atoms with van der Waals surface area (Å²) < 4.78 is 54.6. The highest BCUT2D eigenvalue weighted by molar-refractivity contribution is 5.92. The second-order valence-electron chi connectivity index (χ2n) is 8.96. The minimum absolute atomic E-state index is 0.122. The quantitative estimate of drug-likeness (QED) is 0.761. The van der Waals surface area contributed by atoms with Crippen LogP contribution < -0.4 is 15.5 Å². The summed E-state index contributed by atoms with van der Waals surface area (Å²) in [4.78, 5) is 10.7. The molecule has 1 aromatic carbocycles. The fourth-order valence-corrected chi connectivity index (χ4v) is 5.27. The fourth-order valence-electron chi connectivity index (χ4n) is 5.27. The number of rotatable bonds is 4. The van der Waals surface area contributed by atoms with Gasteiger partial charge in [0.05, 0.1) is 16.6 Å². The molecule has 2 saturated carbocycles. The van der Waals surface area contributed by atoms with Crippen LogP contribution >= 0.6 is 0 Å². The maximum Gasteiger partial charge on any atom is 0.263 e. The Bertz CT molecular complexity index is 988. The number of halogens is 4. The second-order valence-corrected chi connectivity index (χ2v) is 8.96. The number of hydrogen-bond acceptors (Lipinski definition) is 5. The smallest absolute Gasteiger partial charge is 0.263 e. The fraction of sp³-hybridized carbons (Fsp3) is 0.600. The van der Waals surface area contributed by atoms with Crippen molar-refractivity contribution in [2.45, 2.75) is 31.2 Å². The Hall–Kier alpha value is -2.16. The molecule has 0 radical (unpaired) electrons. The van der Waals surface area contributed by atoms with Gasteiger partial charge in [-0.1, -0.05) is 0 Å². The van der Waals surface area contributed by atoms with Crippen LogP contribution in [-0.4, -0.2) is 48.1 Å². The molecule has 1 aromatic heterocycles. The van der Waals surface area contributed by atoms with Crippen LogP contribution in [0.2, 0.25) is 0 Å². The van der Waals surface area contributed by atoms with E-state index in [2.05, 4.69) is 20.6 Å². The van der Waals surface area contributed by atoms with Gasteiger partial charge in [-0.25, -0.2) is 27.5 Å². The Morgan fingerprint density at radius 1 is 1.21 bits per heavy atom. The van der Waals surface area contributed by atoms with Gasteiger partial charge in [-0.2, -0.15) is 0 Å². The van der Waals surface area contributed by atoms with E-state index in [0.29, 0.717) is 53.4 Å².